The SMILES string of the molecule is CN(CC(C)(C)CN)S(=O)(=O)c1cnc[nH]1. The molecule has 0 aliphatic carbocycles. The Morgan fingerprint density at radius 3 is 2.62 bits per heavy atom. The van der Waals surface area contributed by atoms with E-state index in [9.17, 15) is 8.42 Å². The van der Waals surface area contributed by atoms with Gasteiger partial charge < -0.3 is 10.7 Å². The van der Waals surface area contributed by atoms with Crippen molar-refractivity contribution in [2.24, 2.45) is 11.1 Å². The molecule has 0 fully saturated rings. The molecule has 1 heterocycles. The lowest BCUT2D eigenvalue weighted by Gasteiger charge is -2.27. The van der Waals surface area contributed by atoms with Gasteiger partial charge in [0.1, 0.15) is 0 Å². The Kier molecular flexibility index (Phi) is 3.72. The summed E-state index contributed by atoms with van der Waals surface area (Å²) in [6.45, 7) is 4.64. The van der Waals surface area contributed by atoms with Crippen LogP contribution in [0.2, 0.25) is 0 Å². The summed E-state index contributed by atoms with van der Waals surface area (Å²) in [6.07, 6.45) is 2.63. The molecule has 0 aliphatic rings. The summed E-state index contributed by atoms with van der Waals surface area (Å²) in [4.78, 5) is 6.29. The maximum Gasteiger partial charge on any atom is 0.259 e. The van der Waals surface area contributed by atoms with E-state index in [0.717, 1.165) is 0 Å². The number of aromatic nitrogens is 2. The van der Waals surface area contributed by atoms with E-state index in [0.29, 0.717) is 13.1 Å². The van der Waals surface area contributed by atoms with E-state index < -0.39 is 10.0 Å². The van der Waals surface area contributed by atoms with E-state index in [1.807, 2.05) is 13.8 Å². The third-order valence-corrected chi connectivity index (χ3v) is 4.09. The molecule has 0 saturated carbocycles. The molecule has 0 amide bonds. The van der Waals surface area contributed by atoms with Gasteiger partial charge in [-0.05, 0) is 12.0 Å². The molecule has 1 rings (SSSR count). The van der Waals surface area contributed by atoms with E-state index in [2.05, 4.69) is 9.97 Å². The normalized spacial score (nSPS) is 13.3. The monoisotopic (exact) mass is 246 g/mol. The van der Waals surface area contributed by atoms with Gasteiger partial charge in [-0.1, -0.05) is 13.8 Å². The van der Waals surface area contributed by atoms with Crippen molar-refractivity contribution in [3.8, 4) is 0 Å². The average molecular weight is 246 g/mol. The molecule has 0 atom stereocenters. The summed E-state index contributed by atoms with van der Waals surface area (Å²) < 4.78 is 25.3. The molecule has 16 heavy (non-hydrogen) atoms. The highest BCUT2D eigenvalue weighted by molar-refractivity contribution is 7.89. The molecule has 0 bridgehead atoms. The lowest BCUT2D eigenvalue weighted by molar-refractivity contribution is 0.291. The lowest BCUT2D eigenvalue weighted by atomic mass is 9.94. The molecule has 3 N–H and O–H groups in total. The van der Waals surface area contributed by atoms with Crippen LogP contribution in [0.1, 0.15) is 13.8 Å². The highest BCUT2D eigenvalue weighted by Gasteiger charge is 2.27. The van der Waals surface area contributed by atoms with Crippen LogP contribution >= 0.6 is 0 Å². The maximum atomic E-state index is 12.0. The predicted molar refractivity (Wildman–Crippen MR) is 61.2 cm³/mol. The van der Waals surface area contributed by atoms with Gasteiger partial charge in [0.05, 0.1) is 12.5 Å². The van der Waals surface area contributed by atoms with Gasteiger partial charge in [0.2, 0.25) is 0 Å². The summed E-state index contributed by atoms with van der Waals surface area (Å²) in [7, 11) is -1.94. The second-order valence-electron chi connectivity index (χ2n) is 4.55. The van der Waals surface area contributed by atoms with E-state index in [1.54, 1.807) is 0 Å². The molecule has 0 radical (unpaired) electrons. The smallest absolute Gasteiger partial charge is 0.259 e. The number of hydrogen-bond acceptors (Lipinski definition) is 4. The molecule has 7 heteroatoms. The topological polar surface area (TPSA) is 92.1 Å². The Labute approximate surface area is 95.9 Å². The van der Waals surface area contributed by atoms with Gasteiger partial charge in [-0.15, -0.1) is 0 Å². The summed E-state index contributed by atoms with van der Waals surface area (Å²) in [5, 5.41) is 0.0998. The van der Waals surface area contributed by atoms with Crippen molar-refractivity contribution in [2.75, 3.05) is 20.1 Å². The van der Waals surface area contributed by atoms with Gasteiger partial charge in [0, 0.05) is 13.6 Å². The number of aromatic amines is 1. The van der Waals surface area contributed by atoms with Crippen molar-refractivity contribution in [1.82, 2.24) is 14.3 Å². The quantitative estimate of drug-likeness (QED) is 0.765. The van der Waals surface area contributed by atoms with Crippen molar-refractivity contribution in [1.29, 1.82) is 0 Å². The first-order valence-corrected chi connectivity index (χ1v) is 6.38. The van der Waals surface area contributed by atoms with Crippen molar-refractivity contribution >= 4 is 10.0 Å². The first kappa shape index (κ1) is 13.1. The summed E-state index contributed by atoms with van der Waals surface area (Å²) in [5.41, 5.74) is 5.33. The molecule has 92 valence electrons. The van der Waals surface area contributed by atoms with Crippen molar-refractivity contribution in [2.45, 2.75) is 18.9 Å². The molecule has 0 aliphatic heterocycles. The lowest BCUT2D eigenvalue weighted by Crippen LogP contribution is -2.39. The summed E-state index contributed by atoms with van der Waals surface area (Å²) >= 11 is 0. The number of H-pyrrole nitrogens is 1. The Morgan fingerprint density at radius 2 is 2.19 bits per heavy atom. The average Bonchev–Trinajstić information content (AvgIpc) is 2.70. The standard InChI is InChI=1S/C9H18N4O2S/c1-9(2,5-10)6-13(3)16(14,15)8-4-11-7-12-8/h4,7H,5-6,10H2,1-3H3,(H,11,12). The third-order valence-electron chi connectivity index (χ3n) is 2.36. The van der Waals surface area contributed by atoms with Crippen LogP contribution in [0.3, 0.4) is 0 Å². The zero-order valence-corrected chi connectivity index (χ0v) is 10.6. The molecule has 0 saturated heterocycles. The third kappa shape index (κ3) is 2.81. The van der Waals surface area contributed by atoms with Gasteiger partial charge in [-0.2, -0.15) is 4.31 Å². The van der Waals surface area contributed by atoms with Gasteiger partial charge in [0.25, 0.3) is 10.0 Å². The van der Waals surface area contributed by atoms with Crippen LogP contribution in [0.4, 0.5) is 0 Å². The molecule has 0 aromatic carbocycles. The Morgan fingerprint density at radius 1 is 1.56 bits per heavy atom. The van der Waals surface area contributed by atoms with Crippen LogP contribution in [0.15, 0.2) is 17.6 Å². The molecule has 1 aromatic heterocycles. The molecular formula is C9H18N4O2S. The van der Waals surface area contributed by atoms with Gasteiger partial charge in [-0.3, -0.25) is 0 Å². The largest absolute Gasteiger partial charge is 0.335 e. The minimum atomic E-state index is -3.48. The van der Waals surface area contributed by atoms with Crippen molar-refractivity contribution in [3.63, 3.8) is 0 Å². The highest BCUT2D eigenvalue weighted by Crippen LogP contribution is 2.18. The summed E-state index contributed by atoms with van der Waals surface area (Å²) in [5.74, 6) is 0. The fraction of sp³-hybridized carbons (Fsp3) is 0.667. The Balaban J connectivity index is 2.86. The molecule has 0 spiro atoms. The molecular weight excluding hydrogens is 228 g/mol. The van der Waals surface area contributed by atoms with Gasteiger partial charge in [-0.25, -0.2) is 13.4 Å². The highest BCUT2D eigenvalue weighted by atomic mass is 32.2. The van der Waals surface area contributed by atoms with Gasteiger partial charge in [0.15, 0.2) is 5.03 Å². The number of nitrogens with one attached hydrogen (secondary N) is 1. The van der Waals surface area contributed by atoms with Crippen LogP contribution in [0.5, 0.6) is 0 Å². The zero-order chi connectivity index (χ0) is 12.4. The van der Waals surface area contributed by atoms with E-state index in [1.165, 1.54) is 23.9 Å². The number of hydrogen-bond donors (Lipinski definition) is 2. The van der Waals surface area contributed by atoms with Gasteiger partial charge >= 0.3 is 0 Å². The van der Waals surface area contributed by atoms with Crippen molar-refractivity contribution < 1.29 is 8.42 Å². The minimum absolute atomic E-state index is 0.0998. The first-order valence-electron chi connectivity index (χ1n) is 4.94. The van der Waals surface area contributed by atoms with Crippen LogP contribution in [0.25, 0.3) is 0 Å². The maximum absolute atomic E-state index is 12.0. The molecule has 0 unspecified atom stereocenters. The zero-order valence-electron chi connectivity index (χ0n) is 9.77. The Bertz CT molecular complexity index is 424. The van der Waals surface area contributed by atoms with Crippen LogP contribution < -0.4 is 5.73 Å². The molecule has 1 aromatic rings. The number of nitrogens with two attached hydrogens (primary N) is 1. The number of sulfonamides is 1. The predicted octanol–water partition coefficient (Wildman–Crippen LogP) is 0.0151. The van der Waals surface area contributed by atoms with Crippen LogP contribution in [0, 0.1) is 5.41 Å². The second kappa shape index (κ2) is 4.52. The fourth-order valence-electron chi connectivity index (χ4n) is 1.30. The molecule has 6 nitrogen and oxygen atoms in total. The summed E-state index contributed by atoms with van der Waals surface area (Å²) in [6, 6.07) is 0. The number of imidazole rings is 1. The van der Waals surface area contributed by atoms with E-state index >= 15 is 0 Å². The minimum Gasteiger partial charge on any atom is -0.335 e. The second-order valence-corrected chi connectivity index (χ2v) is 6.56. The number of rotatable bonds is 5. The Hall–Kier alpha value is -0.920. The van der Waals surface area contributed by atoms with Crippen LogP contribution in [-0.4, -0.2) is 42.8 Å². The van der Waals surface area contributed by atoms with Crippen LogP contribution in [-0.2, 0) is 10.0 Å². The number of nitrogens with zero attached hydrogens (tertiary/aromatic N) is 2. The van der Waals surface area contributed by atoms with Crippen molar-refractivity contribution in [3.05, 3.63) is 12.5 Å². The van der Waals surface area contributed by atoms with E-state index in [4.69, 9.17) is 5.73 Å². The first-order chi connectivity index (χ1) is 7.29. The van der Waals surface area contributed by atoms with E-state index in [-0.39, 0.29) is 10.4 Å². The fourth-order valence-corrected chi connectivity index (χ4v) is 2.56.